The number of rotatable bonds is 5. The first-order chi connectivity index (χ1) is 13.6. The van der Waals surface area contributed by atoms with Crippen molar-refractivity contribution in [3.8, 4) is 28.9 Å². The van der Waals surface area contributed by atoms with Crippen molar-refractivity contribution in [1.82, 2.24) is 15.2 Å². The van der Waals surface area contributed by atoms with Crippen LogP contribution in [0.25, 0.3) is 23.1 Å². The van der Waals surface area contributed by atoms with Gasteiger partial charge in [0.1, 0.15) is 5.75 Å². The highest BCUT2D eigenvalue weighted by atomic mass is 35.5. The zero-order chi connectivity index (χ0) is 19.5. The molecule has 28 heavy (non-hydrogen) atoms. The molecule has 0 aliphatic heterocycles. The molecule has 0 saturated heterocycles. The fraction of sp³-hybridized carbons (Fsp3) is 0.0526. The van der Waals surface area contributed by atoms with E-state index in [-0.39, 0.29) is 17.7 Å². The zero-order valence-corrected chi connectivity index (χ0v) is 15.3. The molecular weight excluding hydrogens is 384 g/mol. The van der Waals surface area contributed by atoms with Gasteiger partial charge >= 0.3 is 0 Å². The van der Waals surface area contributed by atoms with E-state index in [1.165, 1.54) is 25.6 Å². The molecule has 1 N–H and O–H groups in total. The Labute approximate surface area is 164 Å². The van der Waals surface area contributed by atoms with Gasteiger partial charge in [-0.1, -0.05) is 11.6 Å². The first-order valence-corrected chi connectivity index (χ1v) is 8.49. The molecular formula is C19H13ClN4O4. The number of aromatic nitrogens is 3. The molecule has 4 aromatic rings. The van der Waals surface area contributed by atoms with Crippen LogP contribution in [0, 0.1) is 0 Å². The van der Waals surface area contributed by atoms with Crippen molar-refractivity contribution in [3.63, 3.8) is 0 Å². The summed E-state index contributed by atoms with van der Waals surface area (Å²) in [5.41, 5.74) is 1.29. The number of methoxy groups -OCH3 is 1. The summed E-state index contributed by atoms with van der Waals surface area (Å²) in [6.07, 6.45) is 4.57. The summed E-state index contributed by atoms with van der Waals surface area (Å²) in [5, 5.41) is 11.1. The van der Waals surface area contributed by atoms with Gasteiger partial charge in [-0.2, -0.15) is 0 Å². The largest absolute Gasteiger partial charge is 0.496 e. The number of carbonyl (C=O) groups excluding carboxylic acids is 1. The molecule has 0 saturated carbocycles. The van der Waals surface area contributed by atoms with Gasteiger partial charge in [0.25, 0.3) is 11.8 Å². The highest BCUT2D eigenvalue weighted by molar-refractivity contribution is 6.31. The smallest absolute Gasteiger partial charge is 0.283 e. The first kappa shape index (κ1) is 17.7. The van der Waals surface area contributed by atoms with E-state index in [2.05, 4.69) is 20.5 Å². The van der Waals surface area contributed by atoms with Crippen LogP contribution < -0.4 is 10.1 Å². The molecule has 0 spiro atoms. The molecule has 9 heteroatoms. The molecule has 1 aromatic carbocycles. The van der Waals surface area contributed by atoms with Gasteiger partial charge in [0.2, 0.25) is 5.89 Å². The molecule has 8 nitrogen and oxygen atoms in total. The molecule has 0 fully saturated rings. The maximum atomic E-state index is 12.6. The topological polar surface area (TPSA) is 103 Å². The summed E-state index contributed by atoms with van der Waals surface area (Å²) in [6.45, 7) is 0. The summed E-state index contributed by atoms with van der Waals surface area (Å²) >= 11 is 5.99. The Kier molecular flexibility index (Phi) is 4.77. The van der Waals surface area contributed by atoms with Crippen LogP contribution in [0.15, 0.2) is 63.9 Å². The van der Waals surface area contributed by atoms with Gasteiger partial charge in [-0.25, -0.2) is 0 Å². The van der Waals surface area contributed by atoms with Gasteiger partial charge in [0, 0.05) is 11.2 Å². The number of nitrogens with zero attached hydrogens (tertiary/aromatic N) is 3. The predicted octanol–water partition coefficient (Wildman–Crippen LogP) is 4.31. The molecule has 0 aliphatic carbocycles. The van der Waals surface area contributed by atoms with Crippen LogP contribution in [0.4, 0.5) is 5.69 Å². The number of furan rings is 1. The van der Waals surface area contributed by atoms with Crippen molar-refractivity contribution >= 4 is 23.2 Å². The number of hydrogen-bond acceptors (Lipinski definition) is 7. The maximum Gasteiger partial charge on any atom is 0.283 e. The second-order valence-electron chi connectivity index (χ2n) is 5.65. The third-order valence-electron chi connectivity index (χ3n) is 3.81. The third-order valence-corrected chi connectivity index (χ3v) is 4.04. The van der Waals surface area contributed by atoms with E-state index < -0.39 is 0 Å². The number of amides is 1. The maximum absolute atomic E-state index is 12.6. The lowest BCUT2D eigenvalue weighted by Crippen LogP contribution is -2.13. The van der Waals surface area contributed by atoms with Crippen LogP contribution in [0.5, 0.6) is 5.75 Å². The lowest BCUT2D eigenvalue weighted by molar-refractivity contribution is 0.102. The third kappa shape index (κ3) is 3.58. The van der Waals surface area contributed by atoms with Crippen LogP contribution in [0.1, 0.15) is 10.4 Å². The van der Waals surface area contributed by atoms with E-state index in [9.17, 15) is 4.79 Å². The van der Waals surface area contributed by atoms with Crippen molar-refractivity contribution in [2.24, 2.45) is 0 Å². The van der Waals surface area contributed by atoms with Crippen molar-refractivity contribution < 1.29 is 18.4 Å². The lowest BCUT2D eigenvalue weighted by Gasteiger charge is -2.10. The van der Waals surface area contributed by atoms with Crippen LogP contribution >= 0.6 is 11.6 Å². The summed E-state index contributed by atoms with van der Waals surface area (Å²) in [6, 6.07) is 9.90. The number of halogens is 1. The summed E-state index contributed by atoms with van der Waals surface area (Å²) < 4.78 is 16.1. The molecule has 0 unspecified atom stereocenters. The molecule has 0 bridgehead atoms. The van der Waals surface area contributed by atoms with Gasteiger partial charge in [0.15, 0.2) is 5.76 Å². The zero-order valence-electron chi connectivity index (χ0n) is 14.5. The summed E-state index contributed by atoms with van der Waals surface area (Å²) in [5.74, 6) is 0.976. The van der Waals surface area contributed by atoms with E-state index in [1.807, 2.05) is 0 Å². The second kappa shape index (κ2) is 7.53. The average Bonchev–Trinajstić information content (AvgIpc) is 3.40. The number of pyridine rings is 1. The van der Waals surface area contributed by atoms with Crippen molar-refractivity contribution in [3.05, 3.63) is 65.6 Å². The molecule has 3 aromatic heterocycles. The Bertz CT molecular complexity index is 1120. The Morgan fingerprint density at radius 3 is 2.79 bits per heavy atom. The van der Waals surface area contributed by atoms with Crippen LogP contribution in [-0.2, 0) is 0 Å². The molecule has 0 atom stereocenters. The molecule has 0 aliphatic rings. The van der Waals surface area contributed by atoms with Crippen LogP contribution in [0.2, 0.25) is 5.02 Å². The minimum atomic E-state index is -0.389. The van der Waals surface area contributed by atoms with Gasteiger partial charge in [0.05, 0.1) is 36.4 Å². The quantitative estimate of drug-likeness (QED) is 0.536. The monoisotopic (exact) mass is 396 g/mol. The van der Waals surface area contributed by atoms with Crippen molar-refractivity contribution in [1.29, 1.82) is 0 Å². The van der Waals surface area contributed by atoms with E-state index in [1.54, 1.807) is 36.5 Å². The van der Waals surface area contributed by atoms with E-state index in [0.29, 0.717) is 33.3 Å². The number of anilines is 1. The Balaban J connectivity index is 1.58. The highest BCUT2D eigenvalue weighted by Gasteiger charge is 2.16. The number of hydrogen-bond donors (Lipinski definition) is 1. The van der Waals surface area contributed by atoms with Crippen LogP contribution in [0.3, 0.4) is 0 Å². The summed E-state index contributed by atoms with van der Waals surface area (Å²) in [7, 11) is 1.48. The Morgan fingerprint density at radius 2 is 2.00 bits per heavy atom. The highest BCUT2D eigenvalue weighted by Crippen LogP contribution is 2.27. The SMILES string of the molecule is COc1ccc(Cl)cc1C(=O)Nc1cncc(-c2nnc(-c3ccco3)o2)c1. The number of benzene rings is 1. The second-order valence-corrected chi connectivity index (χ2v) is 6.09. The van der Waals surface area contributed by atoms with E-state index in [0.717, 1.165) is 0 Å². The molecule has 4 rings (SSSR count). The van der Waals surface area contributed by atoms with Gasteiger partial charge in [-0.3, -0.25) is 9.78 Å². The Morgan fingerprint density at radius 1 is 1.14 bits per heavy atom. The lowest BCUT2D eigenvalue weighted by atomic mass is 10.2. The molecule has 140 valence electrons. The minimum absolute atomic E-state index is 0.246. The van der Waals surface area contributed by atoms with Gasteiger partial charge < -0.3 is 18.9 Å². The Hall–Kier alpha value is -3.65. The standard InChI is InChI=1S/C19H13ClN4O4/c1-26-15-5-4-12(20)8-14(15)17(25)22-13-7-11(9-21-10-13)18-23-24-19(28-18)16-3-2-6-27-16/h2-10H,1H3,(H,22,25). The molecule has 1 amide bonds. The van der Waals surface area contributed by atoms with Crippen molar-refractivity contribution in [2.45, 2.75) is 0 Å². The minimum Gasteiger partial charge on any atom is -0.496 e. The van der Waals surface area contributed by atoms with Gasteiger partial charge in [-0.15, -0.1) is 10.2 Å². The first-order valence-electron chi connectivity index (χ1n) is 8.12. The fourth-order valence-electron chi connectivity index (χ4n) is 2.52. The number of ether oxygens (including phenoxy) is 1. The molecule has 0 radical (unpaired) electrons. The summed E-state index contributed by atoms with van der Waals surface area (Å²) in [4.78, 5) is 16.7. The normalized spacial score (nSPS) is 10.6. The number of nitrogens with one attached hydrogen (secondary N) is 1. The van der Waals surface area contributed by atoms with E-state index >= 15 is 0 Å². The number of carbonyl (C=O) groups is 1. The van der Waals surface area contributed by atoms with E-state index in [4.69, 9.17) is 25.2 Å². The molecule has 3 heterocycles. The predicted molar refractivity (Wildman–Crippen MR) is 101 cm³/mol. The van der Waals surface area contributed by atoms with Crippen molar-refractivity contribution in [2.75, 3.05) is 12.4 Å². The van der Waals surface area contributed by atoms with Crippen LogP contribution in [-0.4, -0.2) is 28.2 Å². The fourth-order valence-corrected chi connectivity index (χ4v) is 2.69. The average molecular weight is 397 g/mol. The van der Waals surface area contributed by atoms with Gasteiger partial charge in [-0.05, 0) is 36.4 Å².